The van der Waals surface area contributed by atoms with E-state index in [0.29, 0.717) is 17.2 Å². The Morgan fingerprint density at radius 2 is 1.21 bits per heavy atom. The summed E-state index contributed by atoms with van der Waals surface area (Å²) in [5.74, 6) is -60.1. The van der Waals surface area contributed by atoms with E-state index in [1.54, 1.807) is 32.9 Å². The van der Waals surface area contributed by atoms with Crippen LogP contribution in [0.25, 0.3) is 0 Å². The van der Waals surface area contributed by atoms with Gasteiger partial charge in [0, 0.05) is 24.5 Å². The fourth-order valence-electron chi connectivity index (χ4n) is 6.87. The number of allylic oxidation sites excluding steroid dienone is 3. The van der Waals surface area contributed by atoms with E-state index in [0.717, 1.165) is 12.1 Å². The summed E-state index contributed by atoms with van der Waals surface area (Å²) < 4.78 is 286. The SMILES string of the molecule is CCOC(=O)/C=C(C)/C=C/C[C@H](C)[C@H](OC(=O)Nc1ccc(F)cc1F)c1ccc(OCCO[Si](CCC(F)(F)C(F)(F)C(F)(F)C(F)(F)C(F)(F)C(F)(F)C(F)(F)C(F)(F)F)(C(C)C)C(C)C)cc1. The third-order valence-electron chi connectivity index (χ3n) is 10.9. The lowest BCUT2D eigenvalue weighted by Crippen LogP contribution is -2.74. The molecule has 7 nitrogen and oxygen atoms in total. The molecule has 1 amide bonds. The molecular weight excluding hydrogens is 1020 g/mol. The highest BCUT2D eigenvalue weighted by molar-refractivity contribution is 6.76. The highest BCUT2D eigenvalue weighted by Crippen LogP contribution is 2.64. The zero-order chi connectivity index (χ0) is 54.3. The van der Waals surface area contributed by atoms with E-state index in [4.69, 9.17) is 18.6 Å². The Bertz CT molecular complexity index is 2120. The summed E-state index contributed by atoms with van der Waals surface area (Å²) in [6.07, 6.45) is -8.00. The third-order valence-corrected chi connectivity index (χ3v) is 16.6. The smallest absolute Gasteiger partial charge is 0.460 e. The topological polar surface area (TPSA) is 83.1 Å². The average molecular weight is 1060 g/mol. The second kappa shape index (κ2) is 22.8. The lowest BCUT2D eigenvalue weighted by molar-refractivity contribution is -0.461. The molecule has 398 valence electrons. The number of benzene rings is 2. The fourth-order valence-corrected chi connectivity index (χ4v) is 11.3. The summed E-state index contributed by atoms with van der Waals surface area (Å²) in [5.41, 5.74) is -1.43. The molecule has 0 fully saturated rings. The Morgan fingerprint density at radius 3 is 1.70 bits per heavy atom. The minimum absolute atomic E-state index is 0.0577. The number of amides is 1. The maximum Gasteiger partial charge on any atom is 0.460 e. The molecule has 0 spiro atoms. The Labute approximate surface area is 389 Å². The maximum atomic E-state index is 15.0. The minimum Gasteiger partial charge on any atom is -0.491 e. The van der Waals surface area contributed by atoms with Crippen molar-refractivity contribution in [3.8, 4) is 5.75 Å². The van der Waals surface area contributed by atoms with Gasteiger partial charge in [-0.3, -0.25) is 5.32 Å². The van der Waals surface area contributed by atoms with Gasteiger partial charge in [-0.2, -0.15) is 74.6 Å². The molecule has 0 saturated heterocycles. The molecule has 0 heterocycles. The Kier molecular flexibility index (Phi) is 20.0. The van der Waals surface area contributed by atoms with E-state index in [1.165, 1.54) is 58.0 Å². The van der Waals surface area contributed by atoms with E-state index in [2.05, 4.69) is 5.32 Å². The molecule has 70 heavy (non-hydrogen) atoms. The van der Waals surface area contributed by atoms with Crippen LogP contribution in [-0.2, 0) is 18.7 Å². The van der Waals surface area contributed by atoms with Gasteiger partial charge in [-0.05, 0) is 72.8 Å². The molecule has 0 bridgehead atoms. The average Bonchev–Trinajstić information content (AvgIpc) is 3.22. The van der Waals surface area contributed by atoms with Gasteiger partial charge in [-0.25, -0.2) is 18.4 Å². The quantitative estimate of drug-likeness (QED) is 0.0266. The van der Waals surface area contributed by atoms with Crippen LogP contribution in [0.5, 0.6) is 5.75 Å². The van der Waals surface area contributed by atoms with E-state index in [1.807, 2.05) is 0 Å². The number of ether oxygens (including phenoxy) is 3. The Hall–Kier alpha value is -4.69. The zero-order valence-corrected chi connectivity index (χ0v) is 39.0. The summed E-state index contributed by atoms with van der Waals surface area (Å²) in [5, 5.41) is 2.16. The predicted octanol–water partition coefficient (Wildman–Crippen LogP) is 14.9. The number of hydrogen-bond donors (Lipinski definition) is 1. The number of anilines is 1. The Morgan fingerprint density at radius 1 is 0.700 bits per heavy atom. The van der Waals surface area contributed by atoms with Crippen molar-refractivity contribution in [2.75, 3.05) is 25.1 Å². The van der Waals surface area contributed by atoms with Crippen molar-refractivity contribution < 1.29 is 112 Å². The zero-order valence-electron chi connectivity index (χ0n) is 38.0. The maximum absolute atomic E-state index is 15.0. The molecule has 2 aromatic rings. The number of nitrogens with one attached hydrogen (secondary N) is 1. The molecule has 1 N–H and O–H groups in total. The molecule has 0 aliphatic carbocycles. The van der Waals surface area contributed by atoms with Crippen molar-refractivity contribution in [3.63, 3.8) is 0 Å². The first-order valence-electron chi connectivity index (χ1n) is 20.7. The van der Waals surface area contributed by atoms with E-state index in [9.17, 15) is 84.2 Å². The second-order valence-corrected chi connectivity index (χ2v) is 21.5. The molecule has 2 rings (SSSR count). The fraction of sp³-hybridized carbons (Fsp3) is 0.581. The van der Waals surface area contributed by atoms with Gasteiger partial charge in [0.1, 0.15) is 30.1 Å². The summed E-state index contributed by atoms with van der Waals surface area (Å²) in [6, 6.07) is 6.49. The molecular formula is C43H48F19NO6Si. The van der Waals surface area contributed by atoms with Crippen molar-refractivity contribution >= 4 is 26.1 Å². The third kappa shape index (κ3) is 13.0. The molecule has 0 radical (unpaired) electrons. The van der Waals surface area contributed by atoms with Crippen LogP contribution < -0.4 is 10.1 Å². The molecule has 0 unspecified atom stereocenters. The van der Waals surface area contributed by atoms with Crippen LogP contribution in [0, 0.1) is 17.6 Å². The van der Waals surface area contributed by atoms with Crippen LogP contribution in [0.3, 0.4) is 0 Å². The summed E-state index contributed by atoms with van der Waals surface area (Å²) in [4.78, 5) is 24.7. The van der Waals surface area contributed by atoms with Crippen LogP contribution in [-0.4, -0.2) is 87.8 Å². The van der Waals surface area contributed by atoms with Crippen molar-refractivity contribution in [2.24, 2.45) is 5.92 Å². The van der Waals surface area contributed by atoms with Gasteiger partial charge < -0.3 is 18.6 Å². The van der Waals surface area contributed by atoms with Crippen molar-refractivity contribution in [3.05, 3.63) is 83.5 Å². The number of carbonyl (C=O) groups is 2. The molecule has 27 heteroatoms. The van der Waals surface area contributed by atoms with E-state index < -0.39 is 134 Å². The first kappa shape index (κ1) is 61.4. The number of halogens is 19. The van der Waals surface area contributed by atoms with Gasteiger partial charge in [-0.1, -0.05) is 58.9 Å². The first-order chi connectivity index (χ1) is 31.7. The van der Waals surface area contributed by atoms with Crippen LogP contribution in [0.4, 0.5) is 93.9 Å². The number of rotatable bonds is 25. The van der Waals surface area contributed by atoms with Gasteiger partial charge in [0.05, 0.1) is 18.9 Å². The number of esters is 1. The van der Waals surface area contributed by atoms with E-state index in [-0.39, 0.29) is 18.8 Å². The minimum atomic E-state index is -8.72. The van der Waals surface area contributed by atoms with Crippen LogP contribution in [0.1, 0.15) is 73.0 Å². The first-order valence-corrected chi connectivity index (χ1v) is 23.0. The van der Waals surface area contributed by atoms with E-state index >= 15 is 8.78 Å². The monoisotopic (exact) mass is 1060 g/mol. The number of alkyl halides is 17. The van der Waals surface area contributed by atoms with Gasteiger partial charge >= 0.3 is 59.7 Å². The molecule has 0 saturated carbocycles. The number of carbonyl (C=O) groups excluding carboxylic acids is 2. The van der Waals surface area contributed by atoms with Gasteiger partial charge in [0.2, 0.25) is 0 Å². The van der Waals surface area contributed by atoms with Gasteiger partial charge in [0.15, 0.2) is 8.32 Å². The highest BCUT2D eigenvalue weighted by atomic mass is 28.4. The largest absolute Gasteiger partial charge is 0.491 e. The van der Waals surface area contributed by atoms with Crippen molar-refractivity contribution in [2.45, 2.75) is 132 Å². The van der Waals surface area contributed by atoms with Crippen LogP contribution >= 0.6 is 0 Å². The van der Waals surface area contributed by atoms with Gasteiger partial charge in [-0.15, -0.1) is 0 Å². The van der Waals surface area contributed by atoms with Crippen LogP contribution in [0.2, 0.25) is 17.1 Å². The standard InChI is InChI=1S/C43H48F19NO6Si/c1-8-66-33(64)22-26(6)10-9-11-27(7)34(69-35(65)63-32-17-14-29(44)23-31(32)45)28-12-15-30(16-13-28)67-19-20-68-70(24(2)3,25(4)5)21-18-36(46,47)37(48,49)38(50,51)39(52,53)40(54,55)41(56,57)42(58,59)43(60,61)62/h9-10,12-17,22-25,27,34H,8,11,18-21H2,1-7H3,(H,63,65)/b10-9+,26-22+/t27-,34-/m0/s1. The molecule has 2 atom stereocenters. The lowest BCUT2D eigenvalue weighted by Gasteiger charge is -2.44. The summed E-state index contributed by atoms with van der Waals surface area (Å²) in [6.45, 7) is 9.16. The predicted molar refractivity (Wildman–Crippen MR) is 216 cm³/mol. The van der Waals surface area contributed by atoms with Crippen LogP contribution in [0.15, 0.2) is 66.3 Å². The summed E-state index contributed by atoms with van der Waals surface area (Å²) >= 11 is 0. The summed E-state index contributed by atoms with van der Waals surface area (Å²) in [7, 11) is -4.06. The second-order valence-electron chi connectivity index (χ2n) is 16.5. The van der Waals surface area contributed by atoms with Crippen molar-refractivity contribution in [1.29, 1.82) is 0 Å². The molecule has 0 aliphatic rings. The highest BCUT2D eigenvalue weighted by Gasteiger charge is 2.95. The molecule has 2 aromatic carbocycles. The molecule has 0 aliphatic heterocycles. The van der Waals surface area contributed by atoms with Crippen molar-refractivity contribution in [1.82, 2.24) is 0 Å². The molecule has 0 aromatic heterocycles. The Balaban J connectivity index is 2.33. The van der Waals surface area contributed by atoms with Gasteiger partial charge in [0.25, 0.3) is 0 Å². The lowest BCUT2D eigenvalue weighted by atomic mass is 9.88. The number of hydrogen-bond acceptors (Lipinski definition) is 6. The normalized spacial score (nSPS) is 15.1.